The van der Waals surface area contributed by atoms with Gasteiger partial charge < -0.3 is 18.6 Å². The lowest BCUT2D eigenvalue weighted by molar-refractivity contribution is 0.656. The van der Waals surface area contributed by atoms with Gasteiger partial charge in [0.05, 0.1) is 0 Å². The van der Waals surface area contributed by atoms with E-state index < -0.39 is 0 Å². The van der Waals surface area contributed by atoms with E-state index in [4.69, 9.17) is 8.83 Å². The first-order valence-corrected chi connectivity index (χ1v) is 23.9. The van der Waals surface area contributed by atoms with E-state index in [2.05, 4.69) is 252 Å². The third-order valence-electron chi connectivity index (χ3n) is 14.5. The highest BCUT2D eigenvalue weighted by Crippen LogP contribution is 2.44. The molecule has 4 nitrogen and oxygen atoms in total. The number of hydrogen-bond acceptors (Lipinski definition) is 4. The van der Waals surface area contributed by atoms with Crippen molar-refractivity contribution in [2.24, 2.45) is 0 Å². The Morgan fingerprint density at radius 2 is 0.529 bits per heavy atom. The van der Waals surface area contributed by atoms with Gasteiger partial charge in [-0.15, -0.1) is 0 Å². The molecule has 13 aromatic carbocycles. The van der Waals surface area contributed by atoms with Crippen molar-refractivity contribution in [3.05, 3.63) is 243 Å². The van der Waals surface area contributed by atoms with Crippen molar-refractivity contribution < 1.29 is 8.83 Å². The largest absolute Gasteiger partial charge is 0.456 e. The SMILES string of the molecule is c1ccc(N(c2ccc3cc4c(cc3c2)oc2cc3oc5cc6cc(N(c7ccccc7)c7ccc8ccc9ccccc9c8c7)ccc6cc5c3cc24)c2ccc3ccc4ccccc4c3c2)cc1. The highest BCUT2D eigenvalue weighted by atomic mass is 16.3. The summed E-state index contributed by atoms with van der Waals surface area (Å²) in [5.41, 5.74) is 9.86. The molecule has 0 saturated carbocycles. The summed E-state index contributed by atoms with van der Waals surface area (Å²) in [4.78, 5) is 4.69. The van der Waals surface area contributed by atoms with Gasteiger partial charge >= 0.3 is 0 Å². The van der Waals surface area contributed by atoms with Crippen LogP contribution in [0, 0.1) is 0 Å². The number of nitrogens with zero attached hydrogens (tertiary/aromatic N) is 2. The first-order valence-electron chi connectivity index (χ1n) is 23.9. The molecule has 0 atom stereocenters. The van der Waals surface area contributed by atoms with Gasteiger partial charge in [-0.1, -0.05) is 133 Å². The van der Waals surface area contributed by atoms with Crippen molar-refractivity contribution in [3.8, 4) is 0 Å². The molecular weight excluding hydrogens is 853 g/mol. The fourth-order valence-electron chi connectivity index (χ4n) is 11.1. The molecule has 0 saturated heterocycles. The molecule has 4 heteroatoms. The Labute approximate surface area is 402 Å². The minimum Gasteiger partial charge on any atom is -0.456 e. The van der Waals surface area contributed by atoms with Gasteiger partial charge in [0.2, 0.25) is 0 Å². The average molecular weight is 893 g/mol. The van der Waals surface area contributed by atoms with Crippen molar-refractivity contribution in [3.63, 3.8) is 0 Å². The zero-order chi connectivity index (χ0) is 45.9. The third kappa shape index (κ3) is 6.10. The molecule has 2 heterocycles. The topological polar surface area (TPSA) is 32.8 Å². The molecule has 0 spiro atoms. The maximum atomic E-state index is 6.70. The summed E-state index contributed by atoms with van der Waals surface area (Å²) in [6, 6.07) is 87.7. The van der Waals surface area contributed by atoms with E-state index in [1.807, 2.05) is 0 Å². The van der Waals surface area contributed by atoms with Crippen molar-refractivity contribution in [1.82, 2.24) is 0 Å². The molecule has 0 bridgehead atoms. The molecule has 0 amide bonds. The molecule has 0 unspecified atom stereocenters. The Hall–Kier alpha value is -9.38. The Kier molecular flexibility index (Phi) is 8.33. The van der Waals surface area contributed by atoms with Crippen LogP contribution in [0.1, 0.15) is 0 Å². The lowest BCUT2D eigenvalue weighted by Gasteiger charge is -2.26. The monoisotopic (exact) mass is 892 g/mol. The third-order valence-corrected chi connectivity index (χ3v) is 14.5. The average Bonchev–Trinajstić information content (AvgIpc) is 3.94. The van der Waals surface area contributed by atoms with Crippen LogP contribution in [0.2, 0.25) is 0 Å². The molecule has 0 aliphatic heterocycles. The normalized spacial score (nSPS) is 12.0. The summed E-state index contributed by atoms with van der Waals surface area (Å²) >= 11 is 0. The van der Waals surface area contributed by atoms with E-state index in [1.165, 1.54) is 43.1 Å². The van der Waals surface area contributed by atoms with E-state index in [9.17, 15) is 0 Å². The van der Waals surface area contributed by atoms with Crippen molar-refractivity contribution in [2.75, 3.05) is 9.80 Å². The number of furan rings is 2. The molecule has 70 heavy (non-hydrogen) atoms. The Bertz CT molecular complexity index is 4320. The van der Waals surface area contributed by atoms with Gasteiger partial charge in [0, 0.05) is 61.7 Å². The second-order valence-corrected chi connectivity index (χ2v) is 18.5. The van der Waals surface area contributed by atoms with Crippen LogP contribution in [-0.2, 0) is 0 Å². The number of anilines is 6. The molecule has 0 N–H and O–H groups in total. The summed E-state index contributed by atoms with van der Waals surface area (Å²) in [5.74, 6) is 0. The van der Waals surface area contributed by atoms with Crippen LogP contribution in [0.25, 0.3) is 109 Å². The lowest BCUT2D eigenvalue weighted by Crippen LogP contribution is -2.09. The zero-order valence-corrected chi connectivity index (χ0v) is 37.8. The van der Waals surface area contributed by atoms with Crippen LogP contribution < -0.4 is 9.80 Å². The number of rotatable bonds is 6. The Morgan fingerprint density at radius 3 is 0.986 bits per heavy atom. The molecular formula is C66H40N2O2. The molecule has 2 aromatic heterocycles. The van der Waals surface area contributed by atoms with Gasteiger partial charge in [0.15, 0.2) is 0 Å². The van der Waals surface area contributed by atoms with E-state index in [1.54, 1.807) is 0 Å². The smallest absolute Gasteiger partial charge is 0.139 e. The quantitative estimate of drug-likeness (QED) is 0.156. The Balaban J connectivity index is 0.821. The fraction of sp³-hybridized carbons (Fsp3) is 0. The fourth-order valence-corrected chi connectivity index (χ4v) is 11.1. The van der Waals surface area contributed by atoms with Crippen molar-refractivity contribution in [2.45, 2.75) is 0 Å². The number of benzene rings is 13. The van der Waals surface area contributed by atoms with Gasteiger partial charge in [0.25, 0.3) is 0 Å². The van der Waals surface area contributed by atoms with Gasteiger partial charge in [-0.3, -0.25) is 0 Å². The first-order chi connectivity index (χ1) is 34.6. The predicted octanol–water partition coefficient (Wildman–Crippen LogP) is 19.3. The number of fused-ring (bicyclic) bond motifs is 14. The van der Waals surface area contributed by atoms with Crippen LogP contribution in [0.15, 0.2) is 251 Å². The highest BCUT2D eigenvalue weighted by Gasteiger charge is 2.20. The van der Waals surface area contributed by atoms with Gasteiger partial charge in [-0.25, -0.2) is 0 Å². The zero-order valence-electron chi connectivity index (χ0n) is 37.8. The molecule has 0 aliphatic rings. The maximum Gasteiger partial charge on any atom is 0.139 e. The van der Waals surface area contributed by atoms with Gasteiger partial charge in [0.1, 0.15) is 22.3 Å². The minimum atomic E-state index is 0.805. The number of para-hydroxylation sites is 2. The first kappa shape index (κ1) is 38.7. The second-order valence-electron chi connectivity index (χ2n) is 18.5. The molecule has 326 valence electrons. The molecule has 15 aromatic rings. The predicted molar refractivity (Wildman–Crippen MR) is 295 cm³/mol. The minimum absolute atomic E-state index is 0.805. The summed E-state index contributed by atoms with van der Waals surface area (Å²) in [5, 5.41) is 18.7. The highest BCUT2D eigenvalue weighted by molar-refractivity contribution is 6.19. The Morgan fingerprint density at radius 1 is 0.186 bits per heavy atom. The van der Waals surface area contributed by atoms with Crippen LogP contribution in [0.4, 0.5) is 34.1 Å². The lowest BCUT2D eigenvalue weighted by atomic mass is 10.0. The van der Waals surface area contributed by atoms with Crippen molar-refractivity contribution in [1.29, 1.82) is 0 Å². The van der Waals surface area contributed by atoms with Crippen LogP contribution in [0.3, 0.4) is 0 Å². The van der Waals surface area contributed by atoms with E-state index in [0.717, 1.165) is 99.5 Å². The molecule has 0 fully saturated rings. The van der Waals surface area contributed by atoms with Gasteiger partial charge in [-0.2, -0.15) is 0 Å². The molecule has 0 radical (unpaired) electrons. The summed E-state index contributed by atoms with van der Waals surface area (Å²) in [6.45, 7) is 0. The summed E-state index contributed by atoms with van der Waals surface area (Å²) < 4.78 is 13.4. The van der Waals surface area contributed by atoms with Crippen molar-refractivity contribution >= 4 is 143 Å². The molecule has 0 aliphatic carbocycles. The van der Waals surface area contributed by atoms with E-state index >= 15 is 0 Å². The summed E-state index contributed by atoms with van der Waals surface area (Å²) in [6.07, 6.45) is 0. The van der Waals surface area contributed by atoms with Crippen LogP contribution in [0.5, 0.6) is 0 Å². The standard InChI is InChI=1S/C66H40N2O2/c1-3-13-49(14-4-1)67(53-27-23-43-21-19-41-11-7-9-17-55(41)57(43)37-53)51-29-25-45-33-59-61-39-62-60-34-46-26-30-52(32-48(46)36-64(60)70-66(62)40-65(61)69-63(59)35-47(45)31-51)68(50-15-5-2-6-16-50)54-28-24-44-22-20-42-12-8-10-18-56(42)58(44)38-54/h1-40H. The molecule has 15 rings (SSSR count). The van der Waals surface area contributed by atoms with E-state index in [0.29, 0.717) is 0 Å². The number of hydrogen-bond donors (Lipinski definition) is 0. The maximum absolute atomic E-state index is 6.70. The second kappa shape index (κ2) is 15.1. The van der Waals surface area contributed by atoms with Crippen LogP contribution >= 0.6 is 0 Å². The summed E-state index contributed by atoms with van der Waals surface area (Å²) in [7, 11) is 0. The van der Waals surface area contributed by atoms with Crippen LogP contribution in [-0.4, -0.2) is 0 Å². The van der Waals surface area contributed by atoms with E-state index in [-0.39, 0.29) is 0 Å². The van der Waals surface area contributed by atoms with Gasteiger partial charge in [-0.05, 0) is 168 Å².